The topological polar surface area (TPSA) is 98.5 Å². The summed E-state index contributed by atoms with van der Waals surface area (Å²) in [4.78, 5) is 31.8. The van der Waals surface area contributed by atoms with E-state index < -0.39 is 22.9 Å². The lowest BCUT2D eigenvalue weighted by Gasteiger charge is -2.11. The van der Waals surface area contributed by atoms with E-state index in [1.165, 1.54) is 23.0 Å². The third kappa shape index (κ3) is 3.53. The number of benzene rings is 1. The van der Waals surface area contributed by atoms with E-state index in [0.29, 0.717) is 15.8 Å². The first kappa shape index (κ1) is 22.9. The normalized spacial score (nSPS) is 11.4. The second kappa shape index (κ2) is 8.41. The number of thiophene rings is 1. The van der Waals surface area contributed by atoms with Gasteiger partial charge in [0.25, 0.3) is 5.56 Å². The number of nitrogens with zero attached hydrogens (tertiary/aromatic N) is 6. The van der Waals surface area contributed by atoms with E-state index in [1.54, 1.807) is 11.7 Å². The number of hydrogen-bond donors (Lipinski definition) is 0. The Morgan fingerprint density at radius 3 is 2.66 bits per heavy atom. The van der Waals surface area contributed by atoms with E-state index in [0.717, 1.165) is 33.7 Å². The van der Waals surface area contributed by atoms with E-state index in [-0.39, 0.29) is 39.5 Å². The average molecular weight is 513 g/mol. The molecule has 0 radical (unpaired) electrons. The van der Waals surface area contributed by atoms with Gasteiger partial charge in [0.05, 0.1) is 46.5 Å². The Bertz CT molecular complexity index is 1830. The van der Waals surface area contributed by atoms with Crippen LogP contribution in [-0.2, 0) is 13.6 Å². The molecule has 0 aliphatic heterocycles. The van der Waals surface area contributed by atoms with Gasteiger partial charge in [-0.3, -0.25) is 19.0 Å². The van der Waals surface area contributed by atoms with Crippen LogP contribution in [0.25, 0.3) is 37.2 Å². The number of hydrogen-bond acceptors (Lipinski definition) is 6. The number of aryl methyl sites for hydroxylation is 3. The maximum absolute atomic E-state index is 14.0. The third-order valence-electron chi connectivity index (χ3n) is 5.80. The van der Waals surface area contributed by atoms with Crippen molar-refractivity contribution in [1.82, 2.24) is 23.9 Å². The summed E-state index contributed by atoms with van der Waals surface area (Å²) >= 11 is 7.15. The Balaban J connectivity index is 1.87. The van der Waals surface area contributed by atoms with Crippen LogP contribution in [0.1, 0.15) is 12.1 Å². The fourth-order valence-corrected chi connectivity index (χ4v) is 5.46. The molecule has 0 bridgehead atoms. The van der Waals surface area contributed by atoms with E-state index in [2.05, 4.69) is 10.1 Å². The van der Waals surface area contributed by atoms with Crippen LogP contribution < -0.4 is 11.2 Å². The van der Waals surface area contributed by atoms with Gasteiger partial charge in [-0.25, -0.2) is 18.1 Å². The fourth-order valence-electron chi connectivity index (χ4n) is 4.03. The maximum Gasteiger partial charge on any atom is 0.336 e. The Morgan fingerprint density at radius 1 is 1.17 bits per heavy atom. The van der Waals surface area contributed by atoms with Crippen molar-refractivity contribution < 1.29 is 8.78 Å². The van der Waals surface area contributed by atoms with Gasteiger partial charge in [0, 0.05) is 29.7 Å². The van der Waals surface area contributed by atoms with Crippen molar-refractivity contribution in [3.63, 3.8) is 0 Å². The zero-order valence-electron chi connectivity index (χ0n) is 18.3. The molecule has 1 aromatic carbocycles. The molecular weight excluding hydrogens is 498 g/mol. The van der Waals surface area contributed by atoms with Crippen molar-refractivity contribution in [3.05, 3.63) is 73.8 Å². The molecule has 4 aromatic heterocycles. The fraction of sp³-hybridized carbons (Fsp3) is 0.174. The Hall–Kier alpha value is -3.88. The highest BCUT2D eigenvalue weighted by Gasteiger charge is 2.22. The van der Waals surface area contributed by atoms with Crippen molar-refractivity contribution in [1.29, 1.82) is 5.26 Å². The van der Waals surface area contributed by atoms with E-state index in [4.69, 9.17) is 16.9 Å². The summed E-state index contributed by atoms with van der Waals surface area (Å²) in [5, 5.41) is 14.1. The highest BCUT2D eigenvalue weighted by atomic mass is 35.5. The molecule has 4 heterocycles. The largest absolute Gasteiger partial charge is 0.336 e. The molecule has 0 fully saturated rings. The van der Waals surface area contributed by atoms with Gasteiger partial charge in [-0.2, -0.15) is 10.4 Å². The van der Waals surface area contributed by atoms with E-state index in [9.17, 15) is 18.4 Å². The molecule has 0 unspecified atom stereocenters. The standard InChI is InChI=1S/C23H15ClF2N6O2S/c1-11-20-16(29-30(11)2)9-28-10-18(20)32-22(33)21-17(31(23(32)34)5-3-4-27)8-19(35-21)12-6-14(25)15(26)7-13(12)24/h6-10H,3,5H2,1-2H3. The number of pyridine rings is 1. The first-order valence-corrected chi connectivity index (χ1v) is 11.5. The maximum atomic E-state index is 14.0. The zero-order chi connectivity index (χ0) is 25.0. The summed E-state index contributed by atoms with van der Waals surface area (Å²) < 4.78 is 31.7. The van der Waals surface area contributed by atoms with Crippen LogP contribution in [-0.4, -0.2) is 23.9 Å². The van der Waals surface area contributed by atoms with Gasteiger partial charge in [0.1, 0.15) is 10.2 Å². The zero-order valence-corrected chi connectivity index (χ0v) is 19.9. The first-order chi connectivity index (χ1) is 16.7. The van der Waals surface area contributed by atoms with Crippen molar-refractivity contribution in [2.45, 2.75) is 19.9 Å². The molecule has 5 aromatic rings. The second-order valence-electron chi connectivity index (χ2n) is 7.82. The van der Waals surface area contributed by atoms with Crippen molar-refractivity contribution >= 4 is 44.1 Å². The second-order valence-corrected chi connectivity index (χ2v) is 9.28. The molecule has 0 amide bonds. The number of nitriles is 1. The van der Waals surface area contributed by atoms with Gasteiger partial charge < -0.3 is 0 Å². The summed E-state index contributed by atoms with van der Waals surface area (Å²) in [6.07, 6.45) is 2.97. The summed E-state index contributed by atoms with van der Waals surface area (Å²) in [5.41, 5.74) is 0.697. The summed E-state index contributed by atoms with van der Waals surface area (Å²) in [7, 11) is 1.74. The first-order valence-electron chi connectivity index (χ1n) is 10.3. The van der Waals surface area contributed by atoms with Gasteiger partial charge in [-0.05, 0) is 25.1 Å². The summed E-state index contributed by atoms with van der Waals surface area (Å²) in [6, 6.07) is 5.33. The van der Waals surface area contributed by atoms with E-state index >= 15 is 0 Å². The molecular formula is C23H15ClF2N6O2S. The quantitative estimate of drug-likeness (QED) is 0.334. The highest BCUT2D eigenvalue weighted by Crippen LogP contribution is 2.37. The molecule has 0 aliphatic carbocycles. The molecule has 8 nitrogen and oxygen atoms in total. The van der Waals surface area contributed by atoms with E-state index in [1.807, 2.05) is 13.0 Å². The molecule has 0 saturated heterocycles. The Labute approximate surface area is 204 Å². The molecule has 0 aliphatic rings. The number of rotatable bonds is 4. The molecule has 0 saturated carbocycles. The molecule has 5 rings (SSSR count). The molecule has 12 heteroatoms. The predicted octanol–water partition coefficient (Wildman–Crippen LogP) is 4.32. The minimum absolute atomic E-state index is 0.0126. The lowest BCUT2D eigenvalue weighted by Crippen LogP contribution is -2.38. The molecule has 176 valence electrons. The van der Waals surface area contributed by atoms with Crippen LogP contribution in [0.15, 0.2) is 40.2 Å². The van der Waals surface area contributed by atoms with Gasteiger partial charge in [-0.1, -0.05) is 11.6 Å². The van der Waals surface area contributed by atoms with Crippen LogP contribution in [0.3, 0.4) is 0 Å². The van der Waals surface area contributed by atoms with Gasteiger partial charge in [0.2, 0.25) is 0 Å². The van der Waals surface area contributed by atoms with Crippen LogP contribution >= 0.6 is 22.9 Å². The molecule has 35 heavy (non-hydrogen) atoms. The van der Waals surface area contributed by atoms with Crippen LogP contribution in [0, 0.1) is 29.9 Å². The van der Waals surface area contributed by atoms with Crippen LogP contribution in [0.4, 0.5) is 8.78 Å². The number of fused-ring (bicyclic) bond motifs is 2. The minimum atomic E-state index is -1.10. The predicted molar refractivity (Wildman–Crippen MR) is 129 cm³/mol. The lowest BCUT2D eigenvalue weighted by molar-refractivity contribution is 0.509. The van der Waals surface area contributed by atoms with Crippen LogP contribution in [0.5, 0.6) is 0 Å². The van der Waals surface area contributed by atoms with Crippen molar-refractivity contribution in [2.24, 2.45) is 7.05 Å². The Kier molecular flexibility index (Phi) is 5.50. The number of aromatic nitrogens is 5. The van der Waals surface area contributed by atoms with Crippen molar-refractivity contribution in [2.75, 3.05) is 0 Å². The van der Waals surface area contributed by atoms with Gasteiger partial charge in [0.15, 0.2) is 11.6 Å². The van der Waals surface area contributed by atoms with Crippen molar-refractivity contribution in [3.8, 4) is 22.2 Å². The SMILES string of the molecule is Cc1c2c(-n3c(=O)c4sc(-c5cc(F)c(F)cc5Cl)cc4n(CCC#N)c3=O)cncc2nn1C. The summed E-state index contributed by atoms with van der Waals surface area (Å²) in [5.74, 6) is -2.19. The molecule has 0 spiro atoms. The summed E-state index contributed by atoms with van der Waals surface area (Å²) in [6.45, 7) is 1.83. The van der Waals surface area contributed by atoms with Gasteiger partial charge in [-0.15, -0.1) is 11.3 Å². The average Bonchev–Trinajstić information content (AvgIpc) is 3.38. The smallest absolute Gasteiger partial charge is 0.291 e. The monoisotopic (exact) mass is 512 g/mol. The molecule has 0 N–H and O–H groups in total. The Morgan fingerprint density at radius 2 is 1.91 bits per heavy atom. The number of halogens is 3. The lowest BCUT2D eigenvalue weighted by atomic mass is 10.1. The highest BCUT2D eigenvalue weighted by molar-refractivity contribution is 7.22. The van der Waals surface area contributed by atoms with Gasteiger partial charge >= 0.3 is 5.69 Å². The third-order valence-corrected chi connectivity index (χ3v) is 7.26. The van der Waals surface area contributed by atoms with Crippen LogP contribution in [0.2, 0.25) is 5.02 Å². The minimum Gasteiger partial charge on any atom is -0.291 e. The molecule has 0 atom stereocenters.